The van der Waals surface area contributed by atoms with Crippen LogP contribution >= 0.6 is 0 Å². The van der Waals surface area contributed by atoms with E-state index in [-0.39, 0.29) is 0 Å². The van der Waals surface area contributed by atoms with E-state index in [1.807, 2.05) is 30.9 Å². The number of fused-ring (bicyclic) bond motifs is 1. The molecule has 1 aromatic carbocycles. The van der Waals surface area contributed by atoms with Crippen molar-refractivity contribution in [3.8, 4) is 17.0 Å². The van der Waals surface area contributed by atoms with Crippen molar-refractivity contribution < 1.29 is 4.74 Å². The van der Waals surface area contributed by atoms with Gasteiger partial charge >= 0.3 is 0 Å². The van der Waals surface area contributed by atoms with E-state index in [0.717, 1.165) is 39.5 Å². The molecule has 0 saturated heterocycles. The molecule has 1 aliphatic carbocycles. The lowest BCUT2D eigenvalue weighted by Gasteiger charge is -2.08. The highest BCUT2D eigenvalue weighted by Gasteiger charge is 2.21. The Hall–Kier alpha value is -3.55. The molecule has 1 aliphatic rings. The second-order valence-corrected chi connectivity index (χ2v) is 7.38. The van der Waals surface area contributed by atoms with Gasteiger partial charge in [0.05, 0.1) is 24.4 Å². The van der Waals surface area contributed by atoms with Crippen molar-refractivity contribution in [3.63, 3.8) is 0 Å². The first-order valence-electron chi connectivity index (χ1n) is 9.65. The molecule has 0 aliphatic heterocycles. The molecule has 0 atom stereocenters. The smallest absolute Gasteiger partial charge is 0.163 e. The van der Waals surface area contributed by atoms with Crippen molar-refractivity contribution in [2.24, 2.45) is 14.1 Å². The van der Waals surface area contributed by atoms with Crippen molar-refractivity contribution in [2.45, 2.75) is 18.9 Å². The van der Waals surface area contributed by atoms with Gasteiger partial charge in [0, 0.05) is 43.5 Å². The van der Waals surface area contributed by atoms with Crippen molar-refractivity contribution in [1.29, 1.82) is 0 Å². The average molecular weight is 389 g/mol. The highest BCUT2D eigenvalue weighted by molar-refractivity contribution is 5.84. The Bertz CT molecular complexity index is 1190. The molecule has 8 nitrogen and oxygen atoms in total. The molecular weight excluding hydrogens is 366 g/mol. The summed E-state index contributed by atoms with van der Waals surface area (Å²) in [5, 5.41) is 16.7. The zero-order chi connectivity index (χ0) is 20.0. The fourth-order valence-corrected chi connectivity index (χ4v) is 3.41. The highest BCUT2D eigenvalue weighted by Crippen LogP contribution is 2.31. The monoisotopic (exact) mass is 389 g/mol. The zero-order valence-electron chi connectivity index (χ0n) is 16.7. The van der Waals surface area contributed by atoms with E-state index in [1.165, 1.54) is 12.8 Å². The number of aryl methyl sites for hydroxylation is 2. The van der Waals surface area contributed by atoms with Gasteiger partial charge in [-0.3, -0.25) is 9.36 Å². The molecule has 3 aromatic heterocycles. The topological polar surface area (TPSA) is 81.8 Å². The minimum Gasteiger partial charge on any atom is -0.496 e. The first kappa shape index (κ1) is 17.5. The molecular formula is C21H23N7O. The van der Waals surface area contributed by atoms with E-state index >= 15 is 0 Å². The largest absolute Gasteiger partial charge is 0.496 e. The minimum atomic E-state index is 0.620. The molecule has 4 aromatic rings. The fraction of sp³-hybridized carbons (Fsp3) is 0.286. The number of nitrogens with zero attached hydrogens (tertiary/aromatic N) is 5. The third kappa shape index (κ3) is 3.37. The van der Waals surface area contributed by atoms with Gasteiger partial charge in [0.25, 0.3) is 0 Å². The molecule has 1 fully saturated rings. The van der Waals surface area contributed by atoms with Crippen LogP contribution in [0.25, 0.3) is 22.3 Å². The third-order valence-electron chi connectivity index (χ3n) is 5.13. The summed E-state index contributed by atoms with van der Waals surface area (Å²) in [6.07, 6.45) is 4.26. The molecule has 2 N–H and O–H groups in total. The molecule has 1 saturated carbocycles. The number of hydrogen-bond acceptors (Lipinski definition) is 6. The minimum absolute atomic E-state index is 0.620. The molecule has 148 valence electrons. The normalized spacial score (nSPS) is 13.6. The Morgan fingerprint density at radius 2 is 1.97 bits per heavy atom. The molecule has 0 spiro atoms. The Morgan fingerprint density at radius 3 is 2.76 bits per heavy atom. The number of pyridine rings is 1. The maximum Gasteiger partial charge on any atom is 0.163 e. The number of rotatable bonds is 6. The molecule has 0 unspecified atom stereocenters. The van der Waals surface area contributed by atoms with Crippen LogP contribution in [0.5, 0.6) is 5.75 Å². The Kier molecular flexibility index (Phi) is 4.12. The van der Waals surface area contributed by atoms with E-state index in [1.54, 1.807) is 18.0 Å². The van der Waals surface area contributed by atoms with Crippen molar-refractivity contribution in [1.82, 2.24) is 24.5 Å². The molecule has 29 heavy (non-hydrogen) atoms. The summed E-state index contributed by atoms with van der Waals surface area (Å²) in [6.45, 7) is 0. The summed E-state index contributed by atoms with van der Waals surface area (Å²) in [7, 11) is 5.43. The van der Waals surface area contributed by atoms with Crippen LogP contribution in [0.1, 0.15) is 12.8 Å². The van der Waals surface area contributed by atoms with Crippen molar-refractivity contribution >= 4 is 28.4 Å². The average Bonchev–Trinajstić information content (AvgIpc) is 3.36. The lowest BCUT2D eigenvalue weighted by molar-refractivity contribution is 0.419. The van der Waals surface area contributed by atoms with E-state index in [2.05, 4.69) is 50.1 Å². The molecule has 0 amide bonds. The Labute approximate surface area is 168 Å². The number of aromatic nitrogens is 5. The van der Waals surface area contributed by atoms with Gasteiger partial charge in [-0.05, 0) is 25.0 Å². The quantitative estimate of drug-likeness (QED) is 0.523. The third-order valence-corrected chi connectivity index (χ3v) is 5.13. The van der Waals surface area contributed by atoms with Gasteiger partial charge in [0.1, 0.15) is 17.4 Å². The lowest BCUT2D eigenvalue weighted by Crippen LogP contribution is -2.02. The van der Waals surface area contributed by atoms with Crippen LogP contribution in [-0.2, 0) is 14.1 Å². The van der Waals surface area contributed by atoms with E-state index < -0.39 is 0 Å². The fourth-order valence-electron chi connectivity index (χ4n) is 3.41. The highest BCUT2D eigenvalue weighted by atomic mass is 16.5. The summed E-state index contributed by atoms with van der Waals surface area (Å²) in [5.74, 6) is 2.25. The second-order valence-electron chi connectivity index (χ2n) is 7.38. The predicted octanol–water partition coefficient (Wildman–Crippen LogP) is 3.70. The maximum atomic E-state index is 5.51. The summed E-state index contributed by atoms with van der Waals surface area (Å²) in [6, 6.07) is 12.9. The van der Waals surface area contributed by atoms with Crippen LogP contribution in [0.2, 0.25) is 0 Å². The van der Waals surface area contributed by atoms with E-state index in [0.29, 0.717) is 11.9 Å². The van der Waals surface area contributed by atoms with Gasteiger partial charge in [-0.2, -0.15) is 10.2 Å². The maximum absolute atomic E-state index is 5.51. The molecule has 8 heteroatoms. The van der Waals surface area contributed by atoms with Crippen molar-refractivity contribution in [3.05, 3.63) is 42.6 Å². The van der Waals surface area contributed by atoms with Crippen LogP contribution in [0.4, 0.5) is 17.3 Å². The van der Waals surface area contributed by atoms with Gasteiger partial charge in [0.15, 0.2) is 5.65 Å². The summed E-state index contributed by atoms with van der Waals surface area (Å²) < 4.78 is 9.06. The van der Waals surface area contributed by atoms with Crippen LogP contribution in [0.3, 0.4) is 0 Å². The van der Waals surface area contributed by atoms with Crippen LogP contribution in [0.15, 0.2) is 42.6 Å². The summed E-state index contributed by atoms with van der Waals surface area (Å²) in [5.41, 5.74) is 3.88. The predicted molar refractivity (Wildman–Crippen MR) is 114 cm³/mol. The standard InChI is InChI=1S/C21H23N7O/c1-27-20(24-19-11-18(29-3)16-12-22-28(2)21(16)25-19)10-17(26-27)13-5-4-6-15(9-13)23-14-7-8-14/h4-6,9-12,14,23H,7-8H2,1-3H3,(H,24,25). The van der Waals surface area contributed by atoms with Gasteiger partial charge in [-0.25, -0.2) is 4.98 Å². The lowest BCUT2D eigenvalue weighted by atomic mass is 10.1. The van der Waals surface area contributed by atoms with Gasteiger partial charge in [-0.15, -0.1) is 0 Å². The van der Waals surface area contributed by atoms with Gasteiger partial charge in [0.2, 0.25) is 0 Å². The van der Waals surface area contributed by atoms with Gasteiger partial charge < -0.3 is 15.4 Å². The Balaban J connectivity index is 1.45. The summed E-state index contributed by atoms with van der Waals surface area (Å²) >= 11 is 0. The summed E-state index contributed by atoms with van der Waals surface area (Å²) in [4.78, 5) is 4.67. The number of methoxy groups -OCH3 is 1. The van der Waals surface area contributed by atoms with E-state index in [4.69, 9.17) is 4.74 Å². The molecule has 5 rings (SSSR count). The Morgan fingerprint density at radius 1 is 1.10 bits per heavy atom. The van der Waals surface area contributed by atoms with Crippen LogP contribution in [0, 0.1) is 0 Å². The van der Waals surface area contributed by atoms with Crippen LogP contribution in [-0.4, -0.2) is 37.7 Å². The molecule has 0 radical (unpaired) electrons. The number of hydrogen-bond donors (Lipinski definition) is 2. The number of anilines is 3. The SMILES string of the molecule is COc1cc(Nc2cc(-c3cccc(NC4CC4)c3)nn2C)nc2c1cnn2C. The molecule has 0 bridgehead atoms. The first-order valence-corrected chi connectivity index (χ1v) is 9.65. The van der Waals surface area contributed by atoms with Gasteiger partial charge in [-0.1, -0.05) is 12.1 Å². The van der Waals surface area contributed by atoms with Crippen LogP contribution < -0.4 is 15.4 Å². The zero-order valence-corrected chi connectivity index (χ0v) is 16.7. The number of ether oxygens (including phenoxy) is 1. The number of benzene rings is 1. The first-order chi connectivity index (χ1) is 14.1. The van der Waals surface area contributed by atoms with Crippen molar-refractivity contribution in [2.75, 3.05) is 17.7 Å². The second kappa shape index (κ2) is 6.80. The van der Waals surface area contributed by atoms with E-state index in [9.17, 15) is 0 Å². The number of nitrogens with one attached hydrogen (secondary N) is 2. The molecule has 3 heterocycles.